The zero-order valence-corrected chi connectivity index (χ0v) is 12.2. The van der Waals surface area contributed by atoms with E-state index in [1.165, 1.54) is 16.6 Å². The molecule has 6 heteroatoms. The van der Waals surface area contributed by atoms with Gasteiger partial charge in [0.15, 0.2) is 5.69 Å². The molecule has 0 N–H and O–H groups in total. The summed E-state index contributed by atoms with van der Waals surface area (Å²) >= 11 is 0. The van der Waals surface area contributed by atoms with E-state index in [9.17, 15) is 9.59 Å². The minimum absolute atomic E-state index is 0.228. The molecule has 0 spiro atoms. The van der Waals surface area contributed by atoms with Crippen molar-refractivity contribution in [3.8, 4) is 0 Å². The van der Waals surface area contributed by atoms with Gasteiger partial charge in [-0.25, -0.2) is 9.67 Å². The lowest BCUT2D eigenvalue weighted by atomic mass is 10.1. The van der Waals surface area contributed by atoms with E-state index >= 15 is 0 Å². The summed E-state index contributed by atoms with van der Waals surface area (Å²) in [7, 11) is 3.17. The molecule has 110 valence electrons. The van der Waals surface area contributed by atoms with Gasteiger partial charge in [0.25, 0.3) is 11.5 Å². The highest BCUT2D eigenvalue weighted by molar-refractivity contribution is 6.11. The van der Waals surface area contributed by atoms with Crippen molar-refractivity contribution < 1.29 is 4.79 Å². The number of fused-ring (bicyclic) bond motifs is 1. The molecule has 0 aliphatic carbocycles. The van der Waals surface area contributed by atoms with E-state index in [0.29, 0.717) is 16.6 Å². The molecule has 0 bridgehead atoms. The second kappa shape index (κ2) is 5.40. The number of carbonyl (C=O) groups is 1. The van der Waals surface area contributed by atoms with Gasteiger partial charge < -0.3 is 0 Å². The Morgan fingerprint density at radius 3 is 2.45 bits per heavy atom. The lowest BCUT2D eigenvalue weighted by molar-refractivity contribution is 0.0987. The molecule has 0 fully saturated rings. The lowest BCUT2D eigenvalue weighted by Gasteiger charge is -2.16. The molecule has 1 amide bonds. The third-order valence-corrected chi connectivity index (χ3v) is 3.46. The van der Waals surface area contributed by atoms with Crippen molar-refractivity contribution in [3.05, 3.63) is 64.7 Å². The Bertz CT molecular complexity index is 903. The van der Waals surface area contributed by atoms with Crippen molar-refractivity contribution in [1.82, 2.24) is 14.8 Å². The van der Waals surface area contributed by atoms with Crippen LogP contribution in [0.15, 0.2) is 53.5 Å². The van der Waals surface area contributed by atoms with Crippen LogP contribution in [0, 0.1) is 0 Å². The van der Waals surface area contributed by atoms with Crippen molar-refractivity contribution in [2.45, 2.75) is 0 Å². The zero-order chi connectivity index (χ0) is 15.7. The zero-order valence-electron chi connectivity index (χ0n) is 12.2. The number of amides is 1. The minimum Gasteiger partial charge on any atom is -0.294 e. The lowest BCUT2D eigenvalue weighted by Crippen LogP contribution is -2.31. The quantitative estimate of drug-likeness (QED) is 0.720. The maximum Gasteiger partial charge on any atom is 0.280 e. The Morgan fingerprint density at radius 2 is 1.77 bits per heavy atom. The normalized spacial score (nSPS) is 10.6. The van der Waals surface area contributed by atoms with Crippen LogP contribution in [0.4, 0.5) is 5.82 Å². The van der Waals surface area contributed by atoms with Crippen LogP contribution in [0.25, 0.3) is 10.8 Å². The fourth-order valence-electron chi connectivity index (χ4n) is 2.27. The highest BCUT2D eigenvalue weighted by atomic mass is 16.2. The second-order valence-corrected chi connectivity index (χ2v) is 4.88. The molecule has 0 saturated heterocycles. The van der Waals surface area contributed by atoms with E-state index in [1.54, 1.807) is 55.7 Å². The average molecular weight is 294 g/mol. The first kappa shape index (κ1) is 13.9. The van der Waals surface area contributed by atoms with Gasteiger partial charge in [0.05, 0.1) is 5.39 Å². The maximum atomic E-state index is 12.7. The minimum atomic E-state index is -0.314. The molecule has 0 unspecified atom stereocenters. The first-order valence-electron chi connectivity index (χ1n) is 6.74. The van der Waals surface area contributed by atoms with Gasteiger partial charge in [-0.05, 0) is 18.2 Å². The summed E-state index contributed by atoms with van der Waals surface area (Å²) in [6.07, 6.45) is 1.62. The summed E-state index contributed by atoms with van der Waals surface area (Å²) in [5.41, 5.74) is -0.00140. The third kappa shape index (κ3) is 2.24. The van der Waals surface area contributed by atoms with Crippen molar-refractivity contribution in [3.63, 3.8) is 0 Å². The molecule has 2 heterocycles. The van der Waals surface area contributed by atoms with E-state index in [-0.39, 0.29) is 17.2 Å². The molecule has 22 heavy (non-hydrogen) atoms. The van der Waals surface area contributed by atoms with Gasteiger partial charge in [-0.3, -0.25) is 14.5 Å². The van der Waals surface area contributed by atoms with Gasteiger partial charge in [0, 0.05) is 25.7 Å². The van der Waals surface area contributed by atoms with Crippen LogP contribution >= 0.6 is 0 Å². The number of hydrogen-bond donors (Lipinski definition) is 0. The standard InChI is InChI=1S/C16H14N4O2/c1-19(13-9-5-6-10-17-13)16(22)14-11-7-3-4-8-12(11)15(21)20(2)18-14/h3-10H,1-2H3. The molecule has 3 rings (SSSR count). The summed E-state index contributed by atoms with van der Waals surface area (Å²) in [6.45, 7) is 0. The first-order chi connectivity index (χ1) is 10.6. The molecular weight excluding hydrogens is 280 g/mol. The fourth-order valence-corrected chi connectivity index (χ4v) is 2.27. The van der Waals surface area contributed by atoms with Crippen LogP contribution in [0.3, 0.4) is 0 Å². The molecule has 0 atom stereocenters. The van der Waals surface area contributed by atoms with Gasteiger partial charge in [0.1, 0.15) is 5.82 Å². The number of aryl methyl sites for hydroxylation is 1. The monoisotopic (exact) mass is 294 g/mol. The Morgan fingerprint density at radius 1 is 1.09 bits per heavy atom. The van der Waals surface area contributed by atoms with E-state index in [1.807, 2.05) is 0 Å². The van der Waals surface area contributed by atoms with E-state index in [2.05, 4.69) is 10.1 Å². The van der Waals surface area contributed by atoms with Gasteiger partial charge in [-0.2, -0.15) is 5.10 Å². The summed E-state index contributed by atoms with van der Waals surface area (Å²) in [5.74, 6) is 0.206. The van der Waals surface area contributed by atoms with Crippen molar-refractivity contribution in [2.75, 3.05) is 11.9 Å². The van der Waals surface area contributed by atoms with Gasteiger partial charge in [0.2, 0.25) is 0 Å². The third-order valence-electron chi connectivity index (χ3n) is 3.46. The van der Waals surface area contributed by atoms with Gasteiger partial charge in [-0.1, -0.05) is 24.3 Å². The van der Waals surface area contributed by atoms with Crippen molar-refractivity contribution >= 4 is 22.5 Å². The Labute approximate surface area is 126 Å². The number of anilines is 1. The van der Waals surface area contributed by atoms with Gasteiger partial charge >= 0.3 is 0 Å². The molecule has 2 aromatic heterocycles. The molecule has 3 aromatic rings. The number of hydrogen-bond acceptors (Lipinski definition) is 4. The van der Waals surface area contributed by atoms with E-state index in [0.717, 1.165) is 0 Å². The smallest absolute Gasteiger partial charge is 0.280 e. The number of carbonyl (C=O) groups excluding carboxylic acids is 1. The Kier molecular flexibility index (Phi) is 3.42. The number of benzene rings is 1. The molecule has 6 nitrogen and oxygen atoms in total. The summed E-state index contributed by atoms with van der Waals surface area (Å²) in [6, 6.07) is 12.3. The maximum absolute atomic E-state index is 12.7. The number of rotatable bonds is 2. The van der Waals surface area contributed by atoms with Gasteiger partial charge in [-0.15, -0.1) is 0 Å². The number of nitrogens with zero attached hydrogens (tertiary/aromatic N) is 4. The molecule has 0 aliphatic heterocycles. The van der Waals surface area contributed by atoms with Crippen LogP contribution < -0.4 is 10.5 Å². The van der Waals surface area contributed by atoms with E-state index < -0.39 is 0 Å². The molecule has 1 aromatic carbocycles. The van der Waals surface area contributed by atoms with Crippen molar-refractivity contribution in [1.29, 1.82) is 0 Å². The number of pyridine rings is 1. The molecule has 0 aliphatic rings. The highest BCUT2D eigenvalue weighted by Crippen LogP contribution is 2.17. The SMILES string of the molecule is CN(C(=O)c1nn(C)c(=O)c2ccccc12)c1ccccn1. The first-order valence-corrected chi connectivity index (χ1v) is 6.74. The summed E-state index contributed by atoms with van der Waals surface area (Å²) < 4.78 is 1.18. The molecule has 0 radical (unpaired) electrons. The summed E-state index contributed by atoms with van der Waals surface area (Å²) in [5, 5.41) is 5.14. The molecule has 0 saturated carbocycles. The molecular formula is C16H14N4O2. The number of aromatic nitrogens is 3. The second-order valence-electron chi connectivity index (χ2n) is 4.88. The van der Waals surface area contributed by atoms with Crippen molar-refractivity contribution in [2.24, 2.45) is 7.05 Å². The Hall–Kier alpha value is -3.02. The highest BCUT2D eigenvalue weighted by Gasteiger charge is 2.20. The van der Waals surface area contributed by atoms with Crippen LogP contribution in [0.1, 0.15) is 10.5 Å². The van der Waals surface area contributed by atoms with E-state index in [4.69, 9.17) is 0 Å². The van der Waals surface area contributed by atoms with Crippen LogP contribution in [0.2, 0.25) is 0 Å². The average Bonchev–Trinajstić information content (AvgIpc) is 2.57. The Balaban J connectivity index is 2.16. The fraction of sp³-hybridized carbons (Fsp3) is 0.125. The predicted octanol–water partition coefficient (Wildman–Crippen LogP) is 1.61. The van der Waals surface area contributed by atoms with Crippen LogP contribution in [-0.4, -0.2) is 27.7 Å². The van der Waals surface area contributed by atoms with Crippen LogP contribution in [0.5, 0.6) is 0 Å². The topological polar surface area (TPSA) is 68.1 Å². The summed E-state index contributed by atoms with van der Waals surface area (Å²) in [4.78, 5) is 30.4. The predicted molar refractivity (Wildman–Crippen MR) is 84.0 cm³/mol. The largest absolute Gasteiger partial charge is 0.294 e. The van der Waals surface area contributed by atoms with Crippen LogP contribution in [-0.2, 0) is 7.05 Å².